The van der Waals surface area contributed by atoms with Gasteiger partial charge in [0, 0.05) is 16.7 Å². The molecule has 0 aliphatic carbocycles. The van der Waals surface area contributed by atoms with Crippen LogP contribution >= 0.6 is 0 Å². The van der Waals surface area contributed by atoms with E-state index in [1.807, 2.05) is 59.3 Å². The van der Waals surface area contributed by atoms with Crippen molar-refractivity contribution in [1.29, 1.82) is 0 Å². The van der Waals surface area contributed by atoms with Crippen LogP contribution in [-0.2, 0) is 0 Å². The third kappa shape index (κ3) is 3.04. The molecule has 2 aliphatic heterocycles. The van der Waals surface area contributed by atoms with Gasteiger partial charge in [0.25, 0.3) is 0 Å². The van der Waals surface area contributed by atoms with E-state index in [-0.39, 0.29) is 12.1 Å². The zero-order valence-corrected chi connectivity index (χ0v) is 18.2. The first-order chi connectivity index (χ1) is 16.3. The molecule has 7 heteroatoms. The van der Waals surface area contributed by atoms with E-state index in [9.17, 15) is 0 Å². The summed E-state index contributed by atoms with van der Waals surface area (Å²) < 4.78 is 19.6. The summed E-state index contributed by atoms with van der Waals surface area (Å²) in [5.41, 5.74) is 5.11. The zero-order chi connectivity index (χ0) is 22.4. The molecule has 0 radical (unpaired) electrons. The van der Waals surface area contributed by atoms with E-state index in [1.165, 1.54) is 0 Å². The monoisotopic (exact) mass is 438 g/mol. The molecule has 3 heterocycles. The highest BCUT2D eigenvalue weighted by molar-refractivity contribution is 5.85. The predicted octanol–water partition coefficient (Wildman–Crippen LogP) is 4.86. The number of nitrogens with one attached hydrogen (secondary N) is 1. The first-order valence-electron chi connectivity index (χ1n) is 10.7. The molecule has 2 aliphatic rings. The molecule has 0 bridgehead atoms. The predicted molar refractivity (Wildman–Crippen MR) is 125 cm³/mol. The number of hydrogen-bond acceptors (Lipinski definition) is 6. The van der Waals surface area contributed by atoms with Gasteiger partial charge in [0.2, 0.25) is 5.95 Å². The van der Waals surface area contributed by atoms with E-state index in [1.54, 1.807) is 20.5 Å². The van der Waals surface area contributed by atoms with Crippen molar-refractivity contribution in [1.82, 2.24) is 14.8 Å². The van der Waals surface area contributed by atoms with Crippen LogP contribution in [0.15, 0.2) is 84.7 Å². The molecule has 1 aromatic heterocycles. The van der Waals surface area contributed by atoms with Gasteiger partial charge in [-0.15, -0.1) is 0 Å². The SMILES string of the molecule is COc1ccc([C@H]2Oc3ccccc3C3=C2[C@@H](c2ccccc2)n2ncnc2N3)cc1OC. The first kappa shape index (κ1) is 19.4. The Morgan fingerprint density at radius 1 is 0.879 bits per heavy atom. The Morgan fingerprint density at radius 2 is 1.67 bits per heavy atom. The third-order valence-corrected chi connectivity index (χ3v) is 6.15. The Hall–Kier alpha value is -4.26. The Kier molecular flexibility index (Phi) is 4.54. The average molecular weight is 438 g/mol. The van der Waals surface area contributed by atoms with Gasteiger partial charge in [-0.3, -0.25) is 0 Å². The van der Waals surface area contributed by atoms with Crippen molar-refractivity contribution in [2.45, 2.75) is 12.1 Å². The van der Waals surface area contributed by atoms with Crippen LogP contribution in [0.1, 0.15) is 28.8 Å². The van der Waals surface area contributed by atoms with Crippen LogP contribution in [-0.4, -0.2) is 29.0 Å². The van der Waals surface area contributed by atoms with E-state index in [2.05, 4.69) is 33.6 Å². The largest absolute Gasteiger partial charge is 0.493 e. The van der Waals surface area contributed by atoms with E-state index >= 15 is 0 Å². The van der Waals surface area contributed by atoms with E-state index in [0.717, 1.165) is 33.7 Å². The number of ether oxygens (including phenoxy) is 3. The van der Waals surface area contributed by atoms with Gasteiger partial charge in [-0.2, -0.15) is 10.1 Å². The summed E-state index contributed by atoms with van der Waals surface area (Å²) in [6.07, 6.45) is 1.21. The summed E-state index contributed by atoms with van der Waals surface area (Å²) in [6, 6.07) is 24.1. The number of rotatable bonds is 4. The lowest BCUT2D eigenvalue weighted by atomic mass is 9.84. The Bertz CT molecular complexity index is 1360. The zero-order valence-electron chi connectivity index (χ0n) is 18.2. The molecular weight excluding hydrogens is 416 g/mol. The van der Waals surface area contributed by atoms with Gasteiger partial charge in [0.05, 0.1) is 19.9 Å². The summed E-state index contributed by atoms with van der Waals surface area (Å²) >= 11 is 0. The summed E-state index contributed by atoms with van der Waals surface area (Å²) in [5.74, 6) is 2.83. The van der Waals surface area contributed by atoms with Crippen LogP contribution in [0.2, 0.25) is 0 Å². The van der Waals surface area contributed by atoms with Crippen LogP contribution in [0.3, 0.4) is 0 Å². The smallest absolute Gasteiger partial charge is 0.226 e. The quantitative estimate of drug-likeness (QED) is 0.491. The lowest BCUT2D eigenvalue weighted by molar-refractivity contribution is 0.222. The highest BCUT2D eigenvalue weighted by atomic mass is 16.5. The molecule has 2 atom stereocenters. The van der Waals surface area contributed by atoms with Crippen molar-refractivity contribution >= 4 is 11.6 Å². The van der Waals surface area contributed by atoms with Gasteiger partial charge in [0.1, 0.15) is 24.2 Å². The topological polar surface area (TPSA) is 70.4 Å². The Labute approximate surface area is 191 Å². The number of benzene rings is 3. The number of hydrogen-bond donors (Lipinski definition) is 1. The molecule has 7 nitrogen and oxygen atoms in total. The lowest BCUT2D eigenvalue weighted by Gasteiger charge is -2.39. The van der Waals surface area contributed by atoms with Gasteiger partial charge in [-0.1, -0.05) is 48.5 Å². The summed E-state index contributed by atoms with van der Waals surface area (Å²) in [5, 5.41) is 8.08. The van der Waals surface area contributed by atoms with Crippen molar-refractivity contribution in [2.24, 2.45) is 0 Å². The molecule has 3 aromatic carbocycles. The summed E-state index contributed by atoms with van der Waals surface area (Å²) in [4.78, 5) is 4.47. The van der Waals surface area contributed by atoms with Crippen LogP contribution in [0.25, 0.3) is 5.70 Å². The molecule has 6 rings (SSSR count). The summed E-state index contributed by atoms with van der Waals surface area (Å²) in [7, 11) is 3.27. The molecule has 0 saturated carbocycles. The Morgan fingerprint density at radius 3 is 2.48 bits per heavy atom. The van der Waals surface area contributed by atoms with E-state index in [0.29, 0.717) is 17.4 Å². The number of methoxy groups -OCH3 is 2. The van der Waals surface area contributed by atoms with Crippen LogP contribution in [0, 0.1) is 0 Å². The van der Waals surface area contributed by atoms with Crippen molar-refractivity contribution in [3.05, 3.63) is 101 Å². The Balaban J connectivity index is 1.60. The van der Waals surface area contributed by atoms with Gasteiger partial charge >= 0.3 is 0 Å². The second kappa shape index (κ2) is 7.70. The lowest BCUT2D eigenvalue weighted by Crippen LogP contribution is -2.32. The molecule has 0 spiro atoms. The number of anilines is 1. The van der Waals surface area contributed by atoms with Crippen LogP contribution in [0.4, 0.5) is 5.95 Å². The summed E-state index contributed by atoms with van der Waals surface area (Å²) in [6.45, 7) is 0. The van der Waals surface area contributed by atoms with Crippen molar-refractivity contribution in [3.8, 4) is 17.2 Å². The van der Waals surface area contributed by atoms with Gasteiger partial charge in [0.15, 0.2) is 11.5 Å². The molecular formula is C26H22N4O3. The molecule has 164 valence electrons. The highest BCUT2D eigenvalue weighted by Gasteiger charge is 2.41. The fourth-order valence-electron chi connectivity index (χ4n) is 4.66. The fraction of sp³-hybridized carbons (Fsp3) is 0.154. The van der Waals surface area contributed by atoms with E-state index in [4.69, 9.17) is 14.2 Å². The van der Waals surface area contributed by atoms with Crippen molar-refractivity contribution in [2.75, 3.05) is 19.5 Å². The molecule has 0 amide bonds. The molecule has 4 aromatic rings. The van der Waals surface area contributed by atoms with Crippen molar-refractivity contribution < 1.29 is 14.2 Å². The number of para-hydroxylation sites is 1. The minimum atomic E-state index is -0.371. The van der Waals surface area contributed by atoms with Gasteiger partial charge < -0.3 is 19.5 Å². The maximum Gasteiger partial charge on any atom is 0.226 e. The fourth-order valence-corrected chi connectivity index (χ4v) is 4.66. The normalized spacial score (nSPS) is 18.4. The minimum absolute atomic E-state index is 0.189. The maximum atomic E-state index is 6.65. The van der Waals surface area contributed by atoms with Crippen LogP contribution in [0.5, 0.6) is 17.2 Å². The van der Waals surface area contributed by atoms with Crippen molar-refractivity contribution in [3.63, 3.8) is 0 Å². The highest BCUT2D eigenvalue weighted by Crippen LogP contribution is 2.51. The van der Waals surface area contributed by atoms with E-state index < -0.39 is 0 Å². The maximum absolute atomic E-state index is 6.65. The third-order valence-electron chi connectivity index (χ3n) is 6.15. The number of nitrogens with zero attached hydrogens (tertiary/aromatic N) is 3. The molecule has 33 heavy (non-hydrogen) atoms. The van der Waals surface area contributed by atoms with Crippen LogP contribution < -0.4 is 19.5 Å². The van der Waals surface area contributed by atoms with Gasteiger partial charge in [-0.25, -0.2) is 4.68 Å². The number of aromatic nitrogens is 3. The molecule has 1 N–H and O–H groups in total. The second-order valence-corrected chi connectivity index (χ2v) is 7.91. The molecule has 0 fully saturated rings. The van der Waals surface area contributed by atoms with Gasteiger partial charge in [-0.05, 0) is 29.8 Å². The number of fused-ring (bicyclic) bond motifs is 3. The average Bonchev–Trinajstić information content (AvgIpc) is 3.35. The molecule has 0 unspecified atom stereocenters. The molecule has 0 saturated heterocycles. The standard InChI is InChI=1S/C26H22N4O3/c1-31-20-13-12-17(14-21(20)32-2)25-22-23(18-10-6-7-11-19(18)33-25)29-26-27-15-28-30(26)24(22)16-8-4-3-5-9-16/h3-15,24-25H,1-2H3,(H,27,28,29)/t24-,25-/m1/s1. The minimum Gasteiger partial charge on any atom is -0.493 e. The second-order valence-electron chi connectivity index (χ2n) is 7.91. The first-order valence-corrected chi connectivity index (χ1v) is 10.7.